The molecule has 20 heavy (non-hydrogen) atoms. The Bertz CT molecular complexity index is 612. The molecule has 4 nitrogen and oxygen atoms in total. The molecule has 0 fully saturated rings. The summed E-state index contributed by atoms with van der Waals surface area (Å²) in [5.74, 6) is -1.12. The van der Waals surface area contributed by atoms with E-state index in [4.69, 9.17) is 5.11 Å². The Morgan fingerprint density at radius 2 is 1.90 bits per heavy atom. The van der Waals surface area contributed by atoms with Gasteiger partial charge in [-0.25, -0.2) is 0 Å². The predicted octanol–water partition coefficient (Wildman–Crippen LogP) is 3.63. The standard InChI is InChI=1S/C14H12BrNO3S/c15-11-7-9-20-13(11)14(19)16(8-6-12(17)18)10-4-2-1-3-5-10/h1-5,7,9H,6,8H2,(H,17,18). The maximum atomic E-state index is 12.6. The molecule has 6 heteroatoms. The van der Waals surface area contributed by atoms with Crippen LogP contribution in [0.4, 0.5) is 5.69 Å². The Balaban J connectivity index is 2.29. The Hall–Kier alpha value is -1.66. The van der Waals surface area contributed by atoms with E-state index in [1.807, 2.05) is 23.6 Å². The van der Waals surface area contributed by atoms with E-state index in [1.54, 1.807) is 18.2 Å². The Labute approximate surface area is 128 Å². The van der Waals surface area contributed by atoms with Crippen LogP contribution < -0.4 is 4.90 Å². The van der Waals surface area contributed by atoms with Crippen molar-refractivity contribution in [3.63, 3.8) is 0 Å². The van der Waals surface area contributed by atoms with E-state index >= 15 is 0 Å². The number of carbonyl (C=O) groups is 2. The first kappa shape index (κ1) is 14.7. The van der Waals surface area contributed by atoms with Gasteiger partial charge in [0.25, 0.3) is 5.91 Å². The summed E-state index contributed by atoms with van der Waals surface area (Å²) in [5.41, 5.74) is 0.694. The van der Waals surface area contributed by atoms with E-state index in [0.29, 0.717) is 10.6 Å². The van der Waals surface area contributed by atoms with Gasteiger partial charge in [-0.15, -0.1) is 11.3 Å². The minimum absolute atomic E-state index is 0.0936. The Morgan fingerprint density at radius 1 is 1.20 bits per heavy atom. The summed E-state index contributed by atoms with van der Waals surface area (Å²) in [6.45, 7) is 0.141. The number of carbonyl (C=O) groups excluding carboxylic acids is 1. The molecule has 0 spiro atoms. The topological polar surface area (TPSA) is 57.6 Å². The Kier molecular flexibility index (Phi) is 4.92. The molecule has 1 aromatic heterocycles. The molecule has 0 unspecified atom stereocenters. The van der Waals surface area contributed by atoms with Crippen molar-refractivity contribution >= 4 is 44.8 Å². The molecule has 0 atom stereocenters. The van der Waals surface area contributed by atoms with Crippen LogP contribution in [0.15, 0.2) is 46.3 Å². The zero-order valence-electron chi connectivity index (χ0n) is 10.5. The monoisotopic (exact) mass is 353 g/mol. The van der Waals surface area contributed by atoms with Crippen LogP contribution >= 0.6 is 27.3 Å². The third kappa shape index (κ3) is 3.46. The first-order valence-electron chi connectivity index (χ1n) is 5.91. The fourth-order valence-corrected chi connectivity index (χ4v) is 3.22. The van der Waals surface area contributed by atoms with Gasteiger partial charge in [0, 0.05) is 16.7 Å². The van der Waals surface area contributed by atoms with Crippen molar-refractivity contribution in [3.05, 3.63) is 51.1 Å². The van der Waals surface area contributed by atoms with Gasteiger partial charge >= 0.3 is 5.97 Å². The number of anilines is 1. The summed E-state index contributed by atoms with van der Waals surface area (Å²) in [7, 11) is 0. The number of aliphatic carboxylic acids is 1. The van der Waals surface area contributed by atoms with E-state index in [9.17, 15) is 9.59 Å². The normalized spacial score (nSPS) is 10.2. The van der Waals surface area contributed by atoms with Gasteiger partial charge in [-0.05, 0) is 39.5 Å². The van der Waals surface area contributed by atoms with Crippen LogP contribution in [0.2, 0.25) is 0 Å². The number of halogens is 1. The highest BCUT2D eigenvalue weighted by Crippen LogP contribution is 2.26. The van der Waals surface area contributed by atoms with Crippen LogP contribution in [-0.4, -0.2) is 23.5 Å². The number of benzene rings is 1. The molecule has 0 saturated carbocycles. The molecule has 1 N–H and O–H groups in total. The summed E-state index contributed by atoms with van der Waals surface area (Å²) in [6, 6.07) is 10.9. The van der Waals surface area contributed by atoms with E-state index in [2.05, 4.69) is 15.9 Å². The molecule has 0 aliphatic rings. The highest BCUT2D eigenvalue weighted by molar-refractivity contribution is 9.10. The molecule has 1 heterocycles. The van der Waals surface area contributed by atoms with E-state index < -0.39 is 5.97 Å². The van der Waals surface area contributed by atoms with E-state index in [1.165, 1.54) is 16.2 Å². The fraction of sp³-hybridized carbons (Fsp3) is 0.143. The number of nitrogens with zero attached hydrogens (tertiary/aromatic N) is 1. The van der Waals surface area contributed by atoms with Gasteiger partial charge < -0.3 is 10.0 Å². The molecule has 2 rings (SSSR count). The molecule has 0 saturated heterocycles. The average molecular weight is 354 g/mol. The van der Waals surface area contributed by atoms with Crippen LogP contribution in [0.3, 0.4) is 0 Å². The summed E-state index contributed by atoms with van der Waals surface area (Å²) in [5, 5.41) is 10.6. The maximum absolute atomic E-state index is 12.6. The maximum Gasteiger partial charge on any atom is 0.305 e. The molecule has 0 radical (unpaired) electrons. The van der Waals surface area contributed by atoms with Gasteiger partial charge in [-0.1, -0.05) is 18.2 Å². The number of para-hydroxylation sites is 1. The van der Waals surface area contributed by atoms with Crippen molar-refractivity contribution in [2.75, 3.05) is 11.4 Å². The number of carboxylic acids is 1. The zero-order chi connectivity index (χ0) is 14.5. The molecular weight excluding hydrogens is 342 g/mol. The molecule has 0 aliphatic heterocycles. The van der Waals surface area contributed by atoms with Gasteiger partial charge in [0.05, 0.1) is 6.42 Å². The zero-order valence-corrected chi connectivity index (χ0v) is 12.9. The highest BCUT2D eigenvalue weighted by Gasteiger charge is 2.21. The van der Waals surface area contributed by atoms with Crippen LogP contribution in [0, 0.1) is 0 Å². The van der Waals surface area contributed by atoms with Crippen molar-refractivity contribution in [2.45, 2.75) is 6.42 Å². The highest BCUT2D eigenvalue weighted by atomic mass is 79.9. The van der Waals surface area contributed by atoms with E-state index in [0.717, 1.165) is 4.47 Å². The average Bonchev–Trinajstić information content (AvgIpc) is 2.86. The third-order valence-corrected chi connectivity index (χ3v) is 4.50. The van der Waals surface area contributed by atoms with Gasteiger partial charge in [0.15, 0.2) is 0 Å². The van der Waals surface area contributed by atoms with Crippen LogP contribution in [-0.2, 0) is 4.79 Å². The summed E-state index contributed by atoms with van der Waals surface area (Å²) >= 11 is 4.66. The Morgan fingerprint density at radius 3 is 2.45 bits per heavy atom. The van der Waals surface area contributed by atoms with Crippen molar-refractivity contribution in [1.29, 1.82) is 0 Å². The summed E-state index contributed by atoms with van der Waals surface area (Å²) in [4.78, 5) is 25.4. The summed E-state index contributed by atoms with van der Waals surface area (Å²) < 4.78 is 0.726. The SMILES string of the molecule is O=C(O)CCN(C(=O)c1sccc1Br)c1ccccc1. The van der Waals surface area contributed by atoms with Gasteiger partial charge in [0.1, 0.15) is 4.88 Å². The lowest BCUT2D eigenvalue weighted by Gasteiger charge is -2.21. The van der Waals surface area contributed by atoms with E-state index in [-0.39, 0.29) is 18.9 Å². The quantitative estimate of drug-likeness (QED) is 0.892. The molecule has 2 aromatic rings. The lowest BCUT2D eigenvalue weighted by molar-refractivity contribution is -0.136. The first-order chi connectivity index (χ1) is 9.59. The minimum Gasteiger partial charge on any atom is -0.481 e. The fourth-order valence-electron chi connectivity index (χ4n) is 1.73. The number of hydrogen-bond acceptors (Lipinski definition) is 3. The number of thiophene rings is 1. The number of carboxylic acid groups (broad SMARTS) is 1. The van der Waals surface area contributed by atoms with Crippen molar-refractivity contribution in [2.24, 2.45) is 0 Å². The predicted molar refractivity (Wildman–Crippen MR) is 82.4 cm³/mol. The van der Waals surface area contributed by atoms with Crippen molar-refractivity contribution in [3.8, 4) is 0 Å². The van der Waals surface area contributed by atoms with Gasteiger partial charge in [-0.3, -0.25) is 9.59 Å². The van der Waals surface area contributed by atoms with Crippen LogP contribution in [0.1, 0.15) is 16.1 Å². The lowest BCUT2D eigenvalue weighted by Crippen LogP contribution is -2.32. The third-order valence-electron chi connectivity index (χ3n) is 2.67. The minimum atomic E-state index is -0.927. The number of amides is 1. The number of rotatable bonds is 5. The second kappa shape index (κ2) is 6.67. The van der Waals surface area contributed by atoms with Crippen molar-refractivity contribution < 1.29 is 14.7 Å². The van der Waals surface area contributed by atoms with Crippen LogP contribution in [0.25, 0.3) is 0 Å². The molecule has 0 bridgehead atoms. The summed E-state index contributed by atoms with van der Waals surface area (Å²) in [6.07, 6.45) is -0.0936. The molecule has 1 amide bonds. The largest absolute Gasteiger partial charge is 0.481 e. The smallest absolute Gasteiger partial charge is 0.305 e. The number of hydrogen-bond donors (Lipinski definition) is 1. The second-order valence-electron chi connectivity index (χ2n) is 4.03. The van der Waals surface area contributed by atoms with Gasteiger partial charge in [0.2, 0.25) is 0 Å². The molecular formula is C14H12BrNO3S. The molecule has 1 aromatic carbocycles. The first-order valence-corrected chi connectivity index (χ1v) is 7.58. The van der Waals surface area contributed by atoms with Crippen molar-refractivity contribution in [1.82, 2.24) is 0 Å². The molecule has 104 valence electrons. The second-order valence-corrected chi connectivity index (χ2v) is 5.80. The lowest BCUT2D eigenvalue weighted by atomic mass is 10.2. The van der Waals surface area contributed by atoms with Crippen LogP contribution in [0.5, 0.6) is 0 Å². The van der Waals surface area contributed by atoms with Gasteiger partial charge in [-0.2, -0.15) is 0 Å². The molecule has 0 aliphatic carbocycles.